The third-order valence-electron chi connectivity index (χ3n) is 5.08. The SMILES string of the molecule is CCC(=O)N1C[C@H]2CCC[C@@]2(COc2ccccn2)C1.O=C(O)C(F)(F)F. The van der Waals surface area contributed by atoms with Crippen LogP contribution >= 0.6 is 0 Å². The Morgan fingerprint density at radius 2 is 2.11 bits per heavy atom. The molecule has 9 heteroatoms. The summed E-state index contributed by atoms with van der Waals surface area (Å²) in [5, 5.41) is 7.12. The van der Waals surface area contributed by atoms with Gasteiger partial charge in [0, 0.05) is 37.2 Å². The van der Waals surface area contributed by atoms with Gasteiger partial charge in [-0.25, -0.2) is 9.78 Å². The number of hydrogen-bond donors (Lipinski definition) is 1. The van der Waals surface area contributed by atoms with Crippen LogP contribution < -0.4 is 4.74 Å². The second-order valence-corrected chi connectivity index (χ2v) is 6.84. The summed E-state index contributed by atoms with van der Waals surface area (Å²) in [4.78, 5) is 27.1. The van der Waals surface area contributed by atoms with Crippen molar-refractivity contribution in [3.8, 4) is 5.88 Å². The second-order valence-electron chi connectivity index (χ2n) is 6.84. The average Bonchev–Trinajstić information content (AvgIpc) is 3.17. The lowest BCUT2D eigenvalue weighted by Gasteiger charge is -2.28. The van der Waals surface area contributed by atoms with Crippen LogP contribution in [0, 0.1) is 11.3 Å². The number of carbonyl (C=O) groups excluding carboxylic acids is 1. The van der Waals surface area contributed by atoms with Gasteiger partial charge in [-0.1, -0.05) is 19.4 Å². The number of aromatic nitrogens is 1. The topological polar surface area (TPSA) is 79.7 Å². The molecule has 2 fully saturated rings. The van der Waals surface area contributed by atoms with Crippen LogP contribution in [0.25, 0.3) is 0 Å². The molecule has 27 heavy (non-hydrogen) atoms. The fourth-order valence-electron chi connectivity index (χ4n) is 3.71. The van der Waals surface area contributed by atoms with Crippen molar-refractivity contribution in [2.45, 2.75) is 38.8 Å². The molecule has 1 aliphatic carbocycles. The van der Waals surface area contributed by atoms with E-state index in [-0.39, 0.29) is 11.3 Å². The first-order valence-corrected chi connectivity index (χ1v) is 8.79. The van der Waals surface area contributed by atoms with Crippen LogP contribution in [0.1, 0.15) is 32.6 Å². The van der Waals surface area contributed by atoms with Gasteiger partial charge in [-0.15, -0.1) is 0 Å². The zero-order valence-corrected chi connectivity index (χ0v) is 15.0. The Hall–Kier alpha value is -2.32. The molecule has 1 saturated carbocycles. The summed E-state index contributed by atoms with van der Waals surface area (Å²) in [5.74, 6) is -1.20. The van der Waals surface area contributed by atoms with Gasteiger partial charge in [0.25, 0.3) is 0 Å². The fraction of sp³-hybridized carbons (Fsp3) is 0.611. The number of likely N-dealkylation sites (tertiary alicyclic amines) is 1. The molecule has 1 aromatic rings. The van der Waals surface area contributed by atoms with Crippen molar-refractivity contribution in [3.63, 3.8) is 0 Å². The van der Waals surface area contributed by atoms with Crippen molar-refractivity contribution in [2.24, 2.45) is 11.3 Å². The van der Waals surface area contributed by atoms with Crippen LogP contribution in [0.4, 0.5) is 13.2 Å². The Bertz CT molecular complexity index is 654. The molecule has 1 aromatic heterocycles. The first kappa shape index (κ1) is 21.0. The van der Waals surface area contributed by atoms with Crippen molar-refractivity contribution < 1.29 is 32.6 Å². The summed E-state index contributed by atoms with van der Waals surface area (Å²) >= 11 is 0. The first-order valence-electron chi connectivity index (χ1n) is 8.79. The van der Waals surface area contributed by atoms with Gasteiger partial charge >= 0.3 is 12.1 Å². The summed E-state index contributed by atoms with van der Waals surface area (Å²) in [6, 6.07) is 5.72. The zero-order valence-electron chi connectivity index (χ0n) is 15.0. The third-order valence-corrected chi connectivity index (χ3v) is 5.08. The highest BCUT2D eigenvalue weighted by atomic mass is 19.4. The molecule has 6 nitrogen and oxygen atoms in total. The molecule has 3 rings (SSSR count). The molecule has 0 spiro atoms. The summed E-state index contributed by atoms with van der Waals surface area (Å²) < 4.78 is 37.6. The van der Waals surface area contributed by atoms with E-state index in [1.807, 2.05) is 30.0 Å². The molecule has 0 aromatic carbocycles. The van der Waals surface area contributed by atoms with Gasteiger partial charge in [0.15, 0.2) is 0 Å². The minimum absolute atomic E-state index is 0.155. The highest BCUT2D eigenvalue weighted by Gasteiger charge is 2.51. The van der Waals surface area contributed by atoms with E-state index in [0.717, 1.165) is 19.5 Å². The standard InChI is InChI=1S/C16H22N2O2.C2HF3O2/c1-2-15(19)18-10-13-6-5-8-16(13,11-18)12-20-14-7-3-4-9-17-14;3-2(4,5)1(6)7/h3-4,7,9,13H,2,5-6,8,10-12H2,1H3;(H,6,7)/t13-,16+;/m1./s1. The van der Waals surface area contributed by atoms with Gasteiger partial charge in [0.1, 0.15) is 0 Å². The molecule has 0 radical (unpaired) electrons. The van der Waals surface area contributed by atoms with E-state index in [1.54, 1.807) is 6.20 Å². The van der Waals surface area contributed by atoms with Gasteiger partial charge in [-0.3, -0.25) is 4.79 Å². The van der Waals surface area contributed by atoms with Crippen molar-refractivity contribution >= 4 is 11.9 Å². The number of fused-ring (bicyclic) bond motifs is 1. The molecular formula is C18H23F3N2O4. The van der Waals surface area contributed by atoms with Crippen LogP contribution in [0.3, 0.4) is 0 Å². The van der Waals surface area contributed by atoms with Crippen LogP contribution in [0.15, 0.2) is 24.4 Å². The molecule has 150 valence electrons. The summed E-state index contributed by atoms with van der Waals surface area (Å²) in [7, 11) is 0. The summed E-state index contributed by atoms with van der Waals surface area (Å²) in [6.07, 6.45) is 0.909. The Morgan fingerprint density at radius 1 is 1.41 bits per heavy atom. The Balaban J connectivity index is 0.000000321. The maximum atomic E-state index is 11.9. The number of hydrogen-bond acceptors (Lipinski definition) is 4. The number of aliphatic carboxylic acids is 1. The molecule has 0 bridgehead atoms. The molecule has 2 heterocycles. The highest BCUT2D eigenvalue weighted by molar-refractivity contribution is 5.76. The Labute approximate surface area is 155 Å². The van der Waals surface area contributed by atoms with Crippen LogP contribution in [-0.4, -0.2) is 52.7 Å². The number of carboxylic acids is 1. The smallest absolute Gasteiger partial charge is 0.477 e. The molecule has 0 unspecified atom stereocenters. The average molecular weight is 388 g/mol. The fourth-order valence-corrected chi connectivity index (χ4v) is 3.71. The number of nitrogens with zero attached hydrogens (tertiary/aromatic N) is 2. The number of pyridine rings is 1. The predicted octanol–water partition coefficient (Wildman–Crippen LogP) is 3.13. The number of rotatable bonds is 4. The maximum Gasteiger partial charge on any atom is 0.490 e. The van der Waals surface area contributed by atoms with Crippen LogP contribution in [0.5, 0.6) is 5.88 Å². The summed E-state index contributed by atoms with van der Waals surface area (Å²) in [5.41, 5.74) is 0.155. The van der Waals surface area contributed by atoms with E-state index in [0.29, 0.717) is 24.8 Å². The zero-order chi connectivity index (χ0) is 20.1. The van der Waals surface area contributed by atoms with Gasteiger partial charge in [0.05, 0.1) is 6.61 Å². The van der Waals surface area contributed by atoms with E-state index in [9.17, 15) is 18.0 Å². The van der Waals surface area contributed by atoms with Gasteiger partial charge in [-0.05, 0) is 24.8 Å². The second kappa shape index (κ2) is 8.58. The highest BCUT2D eigenvalue weighted by Crippen LogP contribution is 2.48. The Morgan fingerprint density at radius 3 is 2.67 bits per heavy atom. The quantitative estimate of drug-likeness (QED) is 0.857. The third kappa shape index (κ3) is 5.33. The van der Waals surface area contributed by atoms with E-state index < -0.39 is 12.1 Å². The minimum Gasteiger partial charge on any atom is -0.477 e. The van der Waals surface area contributed by atoms with E-state index in [1.165, 1.54) is 12.8 Å². The molecule has 1 saturated heterocycles. The monoisotopic (exact) mass is 388 g/mol. The lowest BCUT2D eigenvalue weighted by atomic mass is 9.81. The number of ether oxygens (including phenoxy) is 1. The van der Waals surface area contributed by atoms with Gasteiger partial charge < -0.3 is 14.7 Å². The Kier molecular flexibility index (Phi) is 6.67. The van der Waals surface area contributed by atoms with Crippen molar-refractivity contribution in [1.29, 1.82) is 0 Å². The minimum atomic E-state index is -5.08. The molecular weight excluding hydrogens is 365 g/mol. The normalized spacial score (nSPS) is 24.0. The molecule has 2 atom stereocenters. The molecule has 1 aliphatic heterocycles. The van der Waals surface area contributed by atoms with Crippen molar-refractivity contribution in [1.82, 2.24) is 9.88 Å². The van der Waals surface area contributed by atoms with Crippen LogP contribution in [-0.2, 0) is 9.59 Å². The van der Waals surface area contributed by atoms with Crippen molar-refractivity contribution in [2.75, 3.05) is 19.7 Å². The maximum absolute atomic E-state index is 11.9. The lowest BCUT2D eigenvalue weighted by Crippen LogP contribution is -2.35. The first-order chi connectivity index (χ1) is 12.7. The molecule has 2 aliphatic rings. The van der Waals surface area contributed by atoms with E-state index in [4.69, 9.17) is 14.6 Å². The van der Waals surface area contributed by atoms with Crippen molar-refractivity contribution in [3.05, 3.63) is 24.4 Å². The van der Waals surface area contributed by atoms with E-state index >= 15 is 0 Å². The van der Waals surface area contributed by atoms with Crippen LogP contribution in [0.2, 0.25) is 0 Å². The summed E-state index contributed by atoms with van der Waals surface area (Å²) in [6.45, 7) is 4.39. The molecule has 1 amide bonds. The number of alkyl halides is 3. The van der Waals surface area contributed by atoms with E-state index in [2.05, 4.69) is 4.98 Å². The lowest BCUT2D eigenvalue weighted by molar-refractivity contribution is -0.192. The van der Waals surface area contributed by atoms with Gasteiger partial charge in [0.2, 0.25) is 11.8 Å². The number of amides is 1. The molecule has 1 N–H and O–H groups in total. The number of carbonyl (C=O) groups is 2. The van der Waals surface area contributed by atoms with Gasteiger partial charge in [-0.2, -0.15) is 13.2 Å². The number of carboxylic acid groups (broad SMARTS) is 1. The largest absolute Gasteiger partial charge is 0.490 e. The predicted molar refractivity (Wildman–Crippen MR) is 90.1 cm³/mol. The number of halogens is 3.